The van der Waals surface area contributed by atoms with Crippen molar-refractivity contribution in [3.05, 3.63) is 54.4 Å². The Balaban J connectivity index is 1.80. The molecule has 1 aromatic heterocycles. The van der Waals surface area contributed by atoms with Crippen LogP contribution in [0.5, 0.6) is 0 Å². The van der Waals surface area contributed by atoms with E-state index in [1.807, 2.05) is 42.8 Å². The Labute approximate surface area is 142 Å². The van der Waals surface area contributed by atoms with E-state index < -0.39 is 6.10 Å². The smallest absolute Gasteiger partial charge is 0.191 e. The van der Waals surface area contributed by atoms with E-state index in [0.29, 0.717) is 18.8 Å². The molecule has 0 spiro atoms. The first kappa shape index (κ1) is 17.7. The molecule has 6 heteroatoms. The van der Waals surface area contributed by atoms with Crippen LogP contribution in [0.25, 0.3) is 0 Å². The van der Waals surface area contributed by atoms with Crippen LogP contribution in [0.3, 0.4) is 0 Å². The standard InChI is InChI=1S/C17H24N4OS/c1-4-10-21-14(2)18-19-17(21)23-13-16(22)12-20(3)11-15-8-6-5-7-9-15/h4-9,16,22H,1,10-13H2,2-3H3/t16-/m1/s1. The highest BCUT2D eigenvalue weighted by molar-refractivity contribution is 7.99. The molecule has 0 bridgehead atoms. The topological polar surface area (TPSA) is 54.2 Å². The number of benzene rings is 1. The number of aryl methyl sites for hydroxylation is 1. The number of rotatable bonds is 9. The van der Waals surface area contributed by atoms with Crippen LogP contribution in [0.4, 0.5) is 0 Å². The molecule has 0 aliphatic heterocycles. The second-order valence-electron chi connectivity index (χ2n) is 5.58. The van der Waals surface area contributed by atoms with Gasteiger partial charge in [0.15, 0.2) is 5.16 Å². The summed E-state index contributed by atoms with van der Waals surface area (Å²) in [4.78, 5) is 2.13. The first-order valence-electron chi connectivity index (χ1n) is 7.64. The zero-order valence-corrected chi connectivity index (χ0v) is 14.5. The Bertz CT molecular complexity index is 614. The van der Waals surface area contributed by atoms with Crippen LogP contribution in [0, 0.1) is 6.92 Å². The van der Waals surface area contributed by atoms with Crippen molar-refractivity contribution in [3.8, 4) is 0 Å². The number of aliphatic hydroxyl groups excluding tert-OH is 1. The maximum atomic E-state index is 10.2. The van der Waals surface area contributed by atoms with Gasteiger partial charge in [-0.2, -0.15) is 0 Å². The third kappa shape index (κ3) is 5.49. The summed E-state index contributed by atoms with van der Waals surface area (Å²) in [6.45, 7) is 7.81. The Hall–Kier alpha value is -1.63. The summed E-state index contributed by atoms with van der Waals surface area (Å²) in [5.41, 5.74) is 1.25. The largest absolute Gasteiger partial charge is 0.391 e. The van der Waals surface area contributed by atoms with Gasteiger partial charge in [0, 0.05) is 25.4 Å². The molecule has 5 nitrogen and oxygen atoms in total. The lowest BCUT2D eigenvalue weighted by atomic mass is 10.2. The Morgan fingerprint density at radius 1 is 1.35 bits per heavy atom. The normalized spacial score (nSPS) is 12.5. The lowest BCUT2D eigenvalue weighted by Gasteiger charge is -2.20. The third-order valence-electron chi connectivity index (χ3n) is 3.44. The number of nitrogens with zero attached hydrogens (tertiary/aromatic N) is 4. The molecule has 0 aliphatic carbocycles. The van der Waals surface area contributed by atoms with Crippen LogP contribution in [0.2, 0.25) is 0 Å². The minimum atomic E-state index is -0.414. The molecule has 0 amide bonds. The van der Waals surface area contributed by atoms with E-state index >= 15 is 0 Å². The van der Waals surface area contributed by atoms with E-state index in [2.05, 4.69) is 33.8 Å². The van der Waals surface area contributed by atoms with Crippen molar-refractivity contribution in [2.75, 3.05) is 19.3 Å². The SMILES string of the molecule is C=CCn1c(C)nnc1SC[C@H](O)CN(C)Cc1ccccc1. The van der Waals surface area contributed by atoms with E-state index in [1.165, 1.54) is 17.3 Å². The first-order chi connectivity index (χ1) is 11.1. The molecule has 23 heavy (non-hydrogen) atoms. The Kier molecular flexibility index (Phi) is 6.83. The number of thioether (sulfide) groups is 1. The molecule has 0 unspecified atom stereocenters. The average Bonchev–Trinajstić information content (AvgIpc) is 2.87. The quantitative estimate of drug-likeness (QED) is 0.564. The molecule has 2 rings (SSSR count). The summed E-state index contributed by atoms with van der Waals surface area (Å²) in [6.07, 6.45) is 1.41. The number of hydrogen-bond acceptors (Lipinski definition) is 5. The molecular formula is C17H24N4OS. The highest BCUT2D eigenvalue weighted by Gasteiger charge is 2.13. The van der Waals surface area contributed by atoms with Gasteiger partial charge in [0.05, 0.1) is 6.10 Å². The second kappa shape index (κ2) is 8.86. The summed E-state index contributed by atoms with van der Waals surface area (Å²) < 4.78 is 2.00. The van der Waals surface area contributed by atoms with E-state index in [4.69, 9.17) is 0 Å². The number of aromatic nitrogens is 3. The highest BCUT2D eigenvalue weighted by atomic mass is 32.2. The van der Waals surface area contributed by atoms with Crippen molar-refractivity contribution in [2.24, 2.45) is 0 Å². The maximum absolute atomic E-state index is 10.2. The van der Waals surface area contributed by atoms with Gasteiger partial charge in [-0.05, 0) is 19.5 Å². The van der Waals surface area contributed by atoms with Gasteiger partial charge in [0.25, 0.3) is 0 Å². The summed E-state index contributed by atoms with van der Waals surface area (Å²) in [5, 5.41) is 19.3. The lowest BCUT2D eigenvalue weighted by molar-refractivity contribution is 0.142. The van der Waals surface area contributed by atoms with Crippen molar-refractivity contribution >= 4 is 11.8 Å². The fourth-order valence-corrected chi connectivity index (χ4v) is 3.26. The van der Waals surface area contributed by atoms with Gasteiger partial charge < -0.3 is 9.67 Å². The monoisotopic (exact) mass is 332 g/mol. The van der Waals surface area contributed by atoms with Crippen molar-refractivity contribution in [1.29, 1.82) is 0 Å². The molecule has 1 heterocycles. The Morgan fingerprint density at radius 2 is 2.09 bits per heavy atom. The summed E-state index contributed by atoms with van der Waals surface area (Å²) in [6, 6.07) is 10.3. The van der Waals surface area contributed by atoms with Crippen LogP contribution in [0.15, 0.2) is 48.1 Å². The van der Waals surface area contributed by atoms with Crippen molar-refractivity contribution in [2.45, 2.75) is 31.3 Å². The number of aliphatic hydroxyl groups is 1. The third-order valence-corrected chi connectivity index (χ3v) is 4.55. The van der Waals surface area contributed by atoms with Gasteiger partial charge in [-0.25, -0.2) is 0 Å². The lowest BCUT2D eigenvalue weighted by Crippen LogP contribution is -2.30. The van der Waals surface area contributed by atoms with Crippen LogP contribution in [-0.2, 0) is 13.1 Å². The molecule has 0 aliphatic rings. The van der Waals surface area contributed by atoms with Gasteiger partial charge >= 0.3 is 0 Å². The molecule has 0 radical (unpaired) electrons. The van der Waals surface area contributed by atoms with Gasteiger partial charge in [-0.3, -0.25) is 4.90 Å². The van der Waals surface area contributed by atoms with E-state index in [9.17, 15) is 5.11 Å². The summed E-state index contributed by atoms with van der Waals surface area (Å²) in [5.74, 6) is 1.46. The predicted octanol–water partition coefficient (Wildman–Crippen LogP) is 2.36. The van der Waals surface area contributed by atoms with Crippen molar-refractivity contribution in [3.63, 3.8) is 0 Å². The van der Waals surface area contributed by atoms with Crippen LogP contribution in [-0.4, -0.2) is 50.2 Å². The predicted molar refractivity (Wildman–Crippen MR) is 94.5 cm³/mol. The van der Waals surface area contributed by atoms with E-state index in [0.717, 1.165) is 17.5 Å². The van der Waals surface area contributed by atoms with Crippen molar-refractivity contribution < 1.29 is 5.11 Å². The van der Waals surface area contributed by atoms with Gasteiger partial charge in [-0.15, -0.1) is 16.8 Å². The molecule has 2 aromatic rings. The molecule has 1 atom stereocenters. The fourth-order valence-electron chi connectivity index (χ4n) is 2.35. The Morgan fingerprint density at radius 3 is 2.78 bits per heavy atom. The molecular weight excluding hydrogens is 308 g/mol. The second-order valence-corrected chi connectivity index (χ2v) is 6.56. The van der Waals surface area contributed by atoms with E-state index in [-0.39, 0.29) is 0 Å². The highest BCUT2D eigenvalue weighted by Crippen LogP contribution is 2.18. The van der Waals surface area contributed by atoms with Gasteiger partial charge in [0.1, 0.15) is 5.82 Å². The van der Waals surface area contributed by atoms with Gasteiger partial charge in [0.2, 0.25) is 0 Å². The minimum absolute atomic E-state index is 0.414. The molecule has 0 saturated heterocycles. The van der Waals surface area contributed by atoms with E-state index in [1.54, 1.807) is 0 Å². The maximum Gasteiger partial charge on any atom is 0.191 e. The van der Waals surface area contributed by atoms with Crippen LogP contribution < -0.4 is 0 Å². The number of allylic oxidation sites excluding steroid dienone is 1. The zero-order valence-electron chi connectivity index (χ0n) is 13.7. The number of hydrogen-bond donors (Lipinski definition) is 1. The molecule has 0 saturated carbocycles. The molecule has 1 N–H and O–H groups in total. The summed E-state index contributed by atoms with van der Waals surface area (Å²) in [7, 11) is 2.02. The van der Waals surface area contributed by atoms with Crippen LogP contribution in [0.1, 0.15) is 11.4 Å². The van der Waals surface area contributed by atoms with Gasteiger partial charge in [-0.1, -0.05) is 48.2 Å². The number of likely N-dealkylation sites (N-methyl/N-ethyl adjacent to an activating group) is 1. The average molecular weight is 332 g/mol. The first-order valence-corrected chi connectivity index (χ1v) is 8.62. The minimum Gasteiger partial charge on any atom is -0.391 e. The zero-order chi connectivity index (χ0) is 16.7. The summed E-state index contributed by atoms with van der Waals surface area (Å²) >= 11 is 1.53. The fraction of sp³-hybridized carbons (Fsp3) is 0.412. The van der Waals surface area contributed by atoms with Crippen molar-refractivity contribution in [1.82, 2.24) is 19.7 Å². The van der Waals surface area contributed by atoms with Crippen LogP contribution >= 0.6 is 11.8 Å². The molecule has 1 aromatic carbocycles. The molecule has 124 valence electrons. The molecule has 0 fully saturated rings.